The number of fused-ring (bicyclic) bond motifs is 3. The summed E-state index contributed by atoms with van der Waals surface area (Å²) in [5, 5.41) is 9.87. The van der Waals surface area contributed by atoms with Gasteiger partial charge in [0.25, 0.3) is 0 Å². The molecule has 2 fully saturated rings. The van der Waals surface area contributed by atoms with Crippen molar-refractivity contribution in [3.63, 3.8) is 0 Å². The molecule has 1 aromatic carbocycles. The minimum Gasteiger partial charge on any atom is -0.326 e. The highest BCUT2D eigenvalue weighted by Crippen LogP contribution is 2.34. The van der Waals surface area contributed by atoms with Crippen molar-refractivity contribution in [3.8, 4) is 0 Å². The van der Waals surface area contributed by atoms with Gasteiger partial charge in [0.2, 0.25) is 5.91 Å². The van der Waals surface area contributed by atoms with E-state index in [0.717, 1.165) is 18.5 Å². The Balaban J connectivity index is 1.52. The maximum atomic E-state index is 12.3. The number of carbonyl (C=O) groups excluding carboxylic acids is 1. The van der Waals surface area contributed by atoms with Crippen LogP contribution in [0.1, 0.15) is 19.3 Å². The van der Waals surface area contributed by atoms with E-state index >= 15 is 0 Å². The zero-order valence-electron chi connectivity index (χ0n) is 10.6. The first-order chi connectivity index (χ1) is 9.29. The molecular weight excluding hydrogens is 256 g/mol. The summed E-state index contributed by atoms with van der Waals surface area (Å²) in [4.78, 5) is 12.3. The van der Waals surface area contributed by atoms with Gasteiger partial charge >= 0.3 is 0 Å². The van der Waals surface area contributed by atoms with Crippen LogP contribution >= 0.6 is 11.3 Å². The minimum atomic E-state index is 0.150. The van der Waals surface area contributed by atoms with Gasteiger partial charge < -0.3 is 10.6 Å². The first-order valence-corrected chi connectivity index (χ1v) is 7.72. The molecule has 2 bridgehead atoms. The number of rotatable bonds is 2. The molecule has 3 nitrogen and oxygen atoms in total. The monoisotopic (exact) mass is 272 g/mol. The molecule has 2 N–H and O–H groups in total. The second-order valence-electron chi connectivity index (χ2n) is 5.55. The highest BCUT2D eigenvalue weighted by molar-refractivity contribution is 7.17. The molecule has 19 heavy (non-hydrogen) atoms. The van der Waals surface area contributed by atoms with E-state index in [-0.39, 0.29) is 11.8 Å². The lowest BCUT2D eigenvalue weighted by Crippen LogP contribution is -2.32. The number of hydrogen-bond donors (Lipinski definition) is 2. The Morgan fingerprint density at radius 1 is 1.32 bits per heavy atom. The first kappa shape index (κ1) is 11.4. The van der Waals surface area contributed by atoms with Gasteiger partial charge in [0.15, 0.2) is 0 Å². The van der Waals surface area contributed by atoms with Gasteiger partial charge in [-0.15, -0.1) is 11.3 Å². The van der Waals surface area contributed by atoms with Crippen molar-refractivity contribution in [2.24, 2.45) is 5.92 Å². The summed E-state index contributed by atoms with van der Waals surface area (Å²) < 4.78 is 1.26. The third-order valence-electron chi connectivity index (χ3n) is 4.36. The fraction of sp³-hybridized carbons (Fsp3) is 0.400. The van der Waals surface area contributed by atoms with E-state index in [1.165, 1.54) is 16.5 Å². The van der Waals surface area contributed by atoms with Gasteiger partial charge in [0, 0.05) is 22.5 Å². The lowest BCUT2D eigenvalue weighted by Gasteiger charge is -2.19. The lowest BCUT2D eigenvalue weighted by molar-refractivity contribution is -0.120. The standard InChI is InChI=1S/C15H16N2OS/c18-15(12-8-11-1-3-13(12)16-11)17-10-2-4-14-9(7-10)5-6-19-14/h2,4-7,11-13,16H,1,3,8H2,(H,17,18). The summed E-state index contributed by atoms with van der Waals surface area (Å²) in [6, 6.07) is 9.19. The smallest absolute Gasteiger partial charge is 0.229 e. The summed E-state index contributed by atoms with van der Waals surface area (Å²) in [5.41, 5.74) is 0.915. The molecule has 3 heterocycles. The predicted octanol–water partition coefficient (Wildman–Crippen LogP) is 2.98. The Hall–Kier alpha value is -1.39. The number of anilines is 1. The van der Waals surface area contributed by atoms with E-state index in [4.69, 9.17) is 0 Å². The zero-order chi connectivity index (χ0) is 12.8. The van der Waals surface area contributed by atoms with Crippen molar-refractivity contribution >= 4 is 33.0 Å². The van der Waals surface area contributed by atoms with E-state index in [9.17, 15) is 4.79 Å². The molecule has 2 aromatic rings. The number of thiophene rings is 1. The van der Waals surface area contributed by atoms with Crippen LogP contribution < -0.4 is 10.6 Å². The molecule has 1 amide bonds. The van der Waals surface area contributed by atoms with E-state index in [2.05, 4.69) is 34.2 Å². The Kier molecular flexibility index (Phi) is 2.60. The Bertz CT molecular complexity index is 636. The molecule has 0 aliphatic carbocycles. The van der Waals surface area contributed by atoms with Crippen molar-refractivity contribution in [2.75, 3.05) is 5.32 Å². The van der Waals surface area contributed by atoms with Crippen molar-refractivity contribution < 1.29 is 4.79 Å². The molecule has 4 heteroatoms. The number of hydrogen-bond acceptors (Lipinski definition) is 3. The Morgan fingerprint density at radius 3 is 3.05 bits per heavy atom. The van der Waals surface area contributed by atoms with Crippen LogP contribution in [0.25, 0.3) is 10.1 Å². The maximum absolute atomic E-state index is 12.3. The summed E-state index contributed by atoms with van der Waals surface area (Å²) in [6.07, 6.45) is 3.37. The topological polar surface area (TPSA) is 41.1 Å². The molecule has 0 spiro atoms. The molecular formula is C15H16N2OS. The highest BCUT2D eigenvalue weighted by Gasteiger charge is 2.42. The maximum Gasteiger partial charge on any atom is 0.229 e. The van der Waals surface area contributed by atoms with Crippen molar-refractivity contribution in [2.45, 2.75) is 31.3 Å². The molecule has 1 aromatic heterocycles. The van der Waals surface area contributed by atoms with E-state index < -0.39 is 0 Å². The lowest BCUT2D eigenvalue weighted by atomic mass is 9.88. The van der Waals surface area contributed by atoms with Crippen LogP contribution in [-0.2, 0) is 4.79 Å². The third-order valence-corrected chi connectivity index (χ3v) is 5.25. The molecule has 3 unspecified atom stereocenters. The fourth-order valence-corrected chi connectivity index (χ4v) is 4.16. The molecule has 3 atom stereocenters. The SMILES string of the molecule is O=C(Nc1ccc2sccc2c1)C1CC2CCC1N2. The fourth-order valence-electron chi connectivity index (χ4n) is 3.39. The van der Waals surface area contributed by atoms with Gasteiger partial charge in [-0.1, -0.05) is 0 Å². The highest BCUT2D eigenvalue weighted by atomic mass is 32.1. The Labute approximate surface area is 116 Å². The van der Waals surface area contributed by atoms with Crippen LogP contribution in [-0.4, -0.2) is 18.0 Å². The number of nitrogens with one attached hydrogen (secondary N) is 2. The molecule has 2 aliphatic heterocycles. The van der Waals surface area contributed by atoms with Crippen molar-refractivity contribution in [1.29, 1.82) is 0 Å². The minimum absolute atomic E-state index is 0.150. The molecule has 4 rings (SSSR count). The van der Waals surface area contributed by atoms with E-state index in [1.54, 1.807) is 11.3 Å². The average molecular weight is 272 g/mol. The number of amides is 1. The van der Waals surface area contributed by atoms with Gasteiger partial charge in [-0.05, 0) is 54.3 Å². The molecule has 98 valence electrons. The first-order valence-electron chi connectivity index (χ1n) is 6.84. The number of benzene rings is 1. The third kappa shape index (κ3) is 1.95. The Morgan fingerprint density at radius 2 is 2.26 bits per heavy atom. The van der Waals surface area contributed by atoms with Crippen molar-refractivity contribution in [3.05, 3.63) is 29.6 Å². The van der Waals surface area contributed by atoms with E-state index in [1.807, 2.05) is 6.07 Å². The summed E-state index contributed by atoms with van der Waals surface area (Å²) in [5.74, 6) is 0.325. The van der Waals surface area contributed by atoms with Gasteiger partial charge in [-0.3, -0.25) is 4.79 Å². The van der Waals surface area contributed by atoms with E-state index in [0.29, 0.717) is 12.1 Å². The molecule has 0 saturated carbocycles. The largest absolute Gasteiger partial charge is 0.326 e. The normalized spacial score (nSPS) is 28.9. The molecule has 0 radical (unpaired) electrons. The second-order valence-corrected chi connectivity index (χ2v) is 6.50. The van der Waals surface area contributed by atoms with Gasteiger partial charge in [0.1, 0.15) is 0 Å². The quantitative estimate of drug-likeness (QED) is 0.882. The van der Waals surface area contributed by atoms with Crippen LogP contribution in [0.4, 0.5) is 5.69 Å². The van der Waals surface area contributed by atoms with Crippen LogP contribution in [0, 0.1) is 5.92 Å². The van der Waals surface area contributed by atoms with Crippen LogP contribution in [0.2, 0.25) is 0 Å². The summed E-state index contributed by atoms with van der Waals surface area (Å²) in [7, 11) is 0. The van der Waals surface area contributed by atoms with Gasteiger partial charge in [0.05, 0.1) is 5.92 Å². The van der Waals surface area contributed by atoms with Crippen molar-refractivity contribution in [1.82, 2.24) is 5.32 Å². The van der Waals surface area contributed by atoms with Gasteiger partial charge in [-0.2, -0.15) is 0 Å². The average Bonchev–Trinajstić information content (AvgIpc) is 3.13. The molecule has 2 aliphatic rings. The van der Waals surface area contributed by atoms with Gasteiger partial charge in [-0.25, -0.2) is 0 Å². The number of carbonyl (C=O) groups is 1. The zero-order valence-corrected chi connectivity index (χ0v) is 11.4. The predicted molar refractivity (Wildman–Crippen MR) is 78.5 cm³/mol. The van der Waals surface area contributed by atoms with Crippen LogP contribution in [0.15, 0.2) is 29.6 Å². The summed E-state index contributed by atoms with van der Waals surface area (Å²) in [6.45, 7) is 0. The van der Waals surface area contributed by atoms with Crippen LogP contribution in [0.5, 0.6) is 0 Å². The summed E-state index contributed by atoms with van der Waals surface area (Å²) >= 11 is 1.73. The van der Waals surface area contributed by atoms with Crippen LogP contribution in [0.3, 0.4) is 0 Å². The molecule has 2 saturated heterocycles. The second kappa shape index (κ2) is 4.32.